The molecule has 2 aromatic carbocycles. The Morgan fingerprint density at radius 1 is 1.14 bits per heavy atom. The summed E-state index contributed by atoms with van der Waals surface area (Å²) in [6.07, 6.45) is -0.407. The molecule has 0 radical (unpaired) electrons. The van der Waals surface area contributed by atoms with Crippen molar-refractivity contribution in [3.63, 3.8) is 0 Å². The molecule has 4 atom stereocenters. The van der Waals surface area contributed by atoms with E-state index < -0.39 is 62.9 Å². The number of allylic oxidation sites excluding steroid dienone is 3. The summed E-state index contributed by atoms with van der Waals surface area (Å²) < 4.78 is 82.2. The number of hydrogen-bond donors (Lipinski definition) is 2. The van der Waals surface area contributed by atoms with E-state index in [0.717, 1.165) is 18.4 Å². The van der Waals surface area contributed by atoms with E-state index in [0.29, 0.717) is 24.0 Å². The quantitative estimate of drug-likeness (QED) is 0.391. The Morgan fingerprint density at radius 3 is 2.33 bits per heavy atom. The smallest absolute Gasteiger partial charge is 0.339 e. The second kappa shape index (κ2) is 12.1. The third-order valence-corrected chi connectivity index (χ3v) is 9.52. The number of halogens is 4. The van der Waals surface area contributed by atoms with E-state index >= 15 is 0 Å². The van der Waals surface area contributed by atoms with Crippen molar-refractivity contribution in [2.75, 3.05) is 6.26 Å². The fourth-order valence-electron chi connectivity index (χ4n) is 5.12. The van der Waals surface area contributed by atoms with Crippen molar-refractivity contribution >= 4 is 21.3 Å². The molecule has 0 spiro atoms. The molecule has 1 saturated carbocycles. The predicted octanol–water partition coefficient (Wildman–Crippen LogP) is 4.37. The van der Waals surface area contributed by atoms with Crippen LogP contribution in [0.2, 0.25) is 0 Å². The number of rotatable bonds is 10. The van der Waals surface area contributed by atoms with Gasteiger partial charge in [-0.05, 0) is 54.0 Å². The van der Waals surface area contributed by atoms with E-state index in [2.05, 4.69) is 10.6 Å². The van der Waals surface area contributed by atoms with Crippen LogP contribution in [0, 0.1) is 34.4 Å². The van der Waals surface area contributed by atoms with Crippen molar-refractivity contribution in [3.05, 3.63) is 89.3 Å². The van der Waals surface area contributed by atoms with Crippen LogP contribution < -0.4 is 10.6 Å². The second-order valence-electron chi connectivity index (χ2n) is 10.6. The van der Waals surface area contributed by atoms with Crippen LogP contribution in [0.5, 0.6) is 0 Å². The van der Waals surface area contributed by atoms with Crippen LogP contribution in [0.1, 0.15) is 36.0 Å². The van der Waals surface area contributed by atoms with Gasteiger partial charge in [0.15, 0.2) is 9.84 Å². The number of carbonyl (C=O) groups excluding carboxylic acids is 1. The standard InChI is InChI=1S/C30H28F4N4O3S/c1-42(40,41)29(13-11-21(12-14-29)20-5-3-2-4-6-20)28(30(32,33)34)38-26(22-9-10-22)27(39)37-24(18-36)16-23-8-7-19(17-35)15-25(23)31/h2-8,11-13,15,22,24,26,28,38H,9-10,14,16H2,1H3,(H,37,39)/t24-,26-,28+,29?/m0/s1. The topological polar surface area (TPSA) is 123 Å². The van der Waals surface area contributed by atoms with Crippen molar-refractivity contribution in [2.24, 2.45) is 5.92 Å². The lowest BCUT2D eigenvalue weighted by Gasteiger charge is -2.41. The van der Waals surface area contributed by atoms with Crippen LogP contribution in [-0.2, 0) is 21.1 Å². The van der Waals surface area contributed by atoms with Crippen LogP contribution in [0.25, 0.3) is 5.57 Å². The molecular weight excluding hydrogens is 572 g/mol. The molecule has 1 fully saturated rings. The maximum absolute atomic E-state index is 14.7. The summed E-state index contributed by atoms with van der Waals surface area (Å²) in [4.78, 5) is 13.3. The van der Waals surface area contributed by atoms with Gasteiger partial charge in [-0.25, -0.2) is 12.8 Å². The molecule has 2 aliphatic carbocycles. The Bertz CT molecular complexity index is 1590. The number of sulfone groups is 1. The Labute approximate surface area is 241 Å². The Kier molecular flexibility index (Phi) is 8.90. The molecule has 0 saturated heterocycles. The minimum atomic E-state index is -5.07. The van der Waals surface area contributed by atoms with Gasteiger partial charge in [-0.3, -0.25) is 10.1 Å². The Morgan fingerprint density at radius 2 is 1.83 bits per heavy atom. The van der Waals surface area contributed by atoms with Gasteiger partial charge in [0, 0.05) is 12.7 Å². The summed E-state index contributed by atoms with van der Waals surface area (Å²) in [7, 11) is -4.39. The highest BCUT2D eigenvalue weighted by Gasteiger charge is 2.59. The SMILES string of the molecule is CS(=O)(=O)C1([C@@H](N[C@H](C(=O)N[C@H](C#N)Cc2ccc(C#N)cc2F)C2CC2)C(F)(F)F)C=CC(c2ccccc2)=CC1. The van der Waals surface area contributed by atoms with Gasteiger partial charge in [0.25, 0.3) is 0 Å². The lowest BCUT2D eigenvalue weighted by molar-refractivity contribution is -0.164. The highest BCUT2D eigenvalue weighted by Crippen LogP contribution is 2.43. The number of alkyl halides is 3. The molecule has 0 aliphatic heterocycles. The zero-order valence-electron chi connectivity index (χ0n) is 22.5. The molecule has 0 bridgehead atoms. The van der Waals surface area contributed by atoms with Crippen molar-refractivity contribution in [1.82, 2.24) is 10.6 Å². The van der Waals surface area contributed by atoms with Crippen LogP contribution in [0.15, 0.2) is 66.8 Å². The highest BCUT2D eigenvalue weighted by atomic mass is 32.2. The number of carbonyl (C=O) groups is 1. The van der Waals surface area contributed by atoms with Gasteiger partial charge >= 0.3 is 6.18 Å². The molecule has 7 nitrogen and oxygen atoms in total. The zero-order valence-corrected chi connectivity index (χ0v) is 23.3. The molecule has 12 heteroatoms. The highest BCUT2D eigenvalue weighted by molar-refractivity contribution is 7.92. The van der Waals surface area contributed by atoms with E-state index in [1.54, 1.807) is 36.4 Å². The lowest BCUT2D eigenvalue weighted by Crippen LogP contribution is -2.66. The summed E-state index contributed by atoms with van der Waals surface area (Å²) in [5, 5.41) is 23.3. The summed E-state index contributed by atoms with van der Waals surface area (Å²) in [6.45, 7) is 0. The fourth-order valence-corrected chi connectivity index (χ4v) is 6.46. The van der Waals surface area contributed by atoms with Gasteiger partial charge in [0.05, 0.1) is 23.7 Å². The molecular formula is C30H28F4N4O3S. The molecule has 0 aromatic heterocycles. The van der Waals surface area contributed by atoms with Crippen LogP contribution in [0.3, 0.4) is 0 Å². The van der Waals surface area contributed by atoms with Crippen molar-refractivity contribution < 1.29 is 30.8 Å². The van der Waals surface area contributed by atoms with Gasteiger partial charge in [0.2, 0.25) is 5.91 Å². The number of hydrogen-bond acceptors (Lipinski definition) is 6. The molecule has 220 valence electrons. The Hall–Kier alpha value is -4.00. The van der Waals surface area contributed by atoms with Crippen LogP contribution in [0.4, 0.5) is 17.6 Å². The third kappa shape index (κ3) is 6.72. The van der Waals surface area contributed by atoms with E-state index in [9.17, 15) is 36.0 Å². The minimum absolute atomic E-state index is 0.0364. The predicted molar refractivity (Wildman–Crippen MR) is 148 cm³/mol. The zero-order chi connectivity index (χ0) is 30.7. The number of amides is 1. The third-order valence-electron chi connectivity index (χ3n) is 7.60. The first-order chi connectivity index (χ1) is 19.8. The average Bonchev–Trinajstić information content (AvgIpc) is 3.78. The molecule has 42 heavy (non-hydrogen) atoms. The van der Waals surface area contributed by atoms with Gasteiger partial charge in [-0.1, -0.05) is 54.6 Å². The molecule has 2 aliphatic rings. The molecule has 2 N–H and O–H groups in total. The molecule has 2 aromatic rings. The van der Waals surface area contributed by atoms with Crippen molar-refractivity contribution in [2.45, 2.75) is 54.7 Å². The fraction of sp³-hybridized carbons (Fsp3) is 0.367. The maximum atomic E-state index is 14.7. The van der Waals surface area contributed by atoms with Crippen LogP contribution >= 0.6 is 0 Å². The van der Waals surface area contributed by atoms with Crippen molar-refractivity contribution in [3.8, 4) is 12.1 Å². The van der Waals surface area contributed by atoms with Gasteiger partial charge in [-0.2, -0.15) is 23.7 Å². The minimum Gasteiger partial charge on any atom is -0.339 e. The number of nitriles is 2. The number of benzene rings is 2. The maximum Gasteiger partial charge on any atom is 0.405 e. The van der Waals surface area contributed by atoms with E-state index in [1.165, 1.54) is 24.3 Å². The average molecular weight is 601 g/mol. The normalized spacial score (nSPS) is 20.9. The monoisotopic (exact) mass is 600 g/mol. The first-order valence-electron chi connectivity index (χ1n) is 13.1. The number of nitrogens with one attached hydrogen (secondary N) is 2. The summed E-state index contributed by atoms with van der Waals surface area (Å²) in [5.41, 5.74) is 1.38. The first-order valence-corrected chi connectivity index (χ1v) is 15.0. The Balaban J connectivity index is 1.60. The van der Waals surface area contributed by atoms with Crippen molar-refractivity contribution in [1.29, 1.82) is 10.5 Å². The van der Waals surface area contributed by atoms with Gasteiger partial charge in [-0.15, -0.1) is 0 Å². The molecule has 4 rings (SSSR count). The lowest BCUT2D eigenvalue weighted by atomic mass is 9.86. The number of nitrogens with zero attached hydrogens (tertiary/aromatic N) is 2. The summed E-state index contributed by atoms with van der Waals surface area (Å²) >= 11 is 0. The largest absolute Gasteiger partial charge is 0.405 e. The van der Waals surface area contributed by atoms with Gasteiger partial charge in [0.1, 0.15) is 22.6 Å². The first kappa shape index (κ1) is 30.9. The molecule has 1 unspecified atom stereocenters. The van der Waals surface area contributed by atoms with E-state index in [4.69, 9.17) is 5.26 Å². The summed E-state index contributed by atoms with van der Waals surface area (Å²) in [6, 6.07) is 10.6. The van der Waals surface area contributed by atoms with Gasteiger partial charge < -0.3 is 5.32 Å². The van der Waals surface area contributed by atoms with E-state index in [1.807, 2.05) is 6.07 Å². The summed E-state index contributed by atoms with van der Waals surface area (Å²) in [5.74, 6) is -2.20. The molecule has 1 amide bonds. The molecule has 0 heterocycles. The van der Waals surface area contributed by atoms with E-state index in [-0.39, 0.29) is 17.5 Å². The van der Waals surface area contributed by atoms with Crippen LogP contribution in [-0.4, -0.2) is 49.6 Å². The second-order valence-corrected chi connectivity index (χ2v) is 12.9.